The van der Waals surface area contributed by atoms with Crippen molar-refractivity contribution in [2.45, 2.75) is 0 Å². The van der Waals surface area contributed by atoms with E-state index in [1.54, 1.807) is 24.3 Å². The van der Waals surface area contributed by atoms with Gasteiger partial charge < -0.3 is 34.2 Å². The second-order valence-electron chi connectivity index (χ2n) is 7.24. The van der Waals surface area contributed by atoms with Gasteiger partial charge in [0.15, 0.2) is 22.9 Å². The van der Waals surface area contributed by atoms with E-state index in [9.17, 15) is 19.8 Å². The molecule has 2 aliphatic rings. The molecule has 166 valence electrons. The number of nitrogens with zero attached hydrogens (tertiary/aromatic N) is 3. The molecule has 0 radical (unpaired) electrons. The molecule has 31 heavy (non-hydrogen) atoms. The molecule has 0 aliphatic carbocycles. The fourth-order valence-corrected chi connectivity index (χ4v) is 3.76. The summed E-state index contributed by atoms with van der Waals surface area (Å²) in [6.07, 6.45) is 0. The van der Waals surface area contributed by atoms with E-state index in [1.165, 1.54) is 21.5 Å². The number of morpholine rings is 2. The lowest BCUT2D eigenvalue weighted by Gasteiger charge is -2.28. The third-order valence-electron chi connectivity index (χ3n) is 5.45. The maximum Gasteiger partial charge on any atom is 0.275 e. The summed E-state index contributed by atoms with van der Waals surface area (Å²) in [5.41, 5.74) is 0.104. The molecule has 3 heterocycles. The van der Waals surface area contributed by atoms with E-state index in [2.05, 4.69) is 0 Å². The Hall–Kier alpha value is -3.24. The number of hydrogen-bond acceptors (Lipinski definition) is 7. The highest BCUT2D eigenvalue weighted by molar-refractivity contribution is 6.04. The van der Waals surface area contributed by atoms with E-state index in [0.29, 0.717) is 64.0 Å². The molecule has 0 atom stereocenters. The zero-order chi connectivity index (χ0) is 22.0. The Labute approximate surface area is 179 Å². The van der Waals surface area contributed by atoms with Crippen molar-refractivity contribution in [3.63, 3.8) is 0 Å². The quantitative estimate of drug-likeness (QED) is 0.738. The molecular formula is C21H25N3O7. The molecule has 4 rings (SSSR count). The van der Waals surface area contributed by atoms with Crippen LogP contribution in [0.4, 0.5) is 0 Å². The largest absolute Gasteiger partial charge is 0.503 e. The predicted octanol–water partition coefficient (Wildman–Crippen LogP) is 0.842. The van der Waals surface area contributed by atoms with E-state index < -0.39 is 23.3 Å². The summed E-state index contributed by atoms with van der Waals surface area (Å²) < 4.78 is 17.1. The van der Waals surface area contributed by atoms with Crippen LogP contribution in [0, 0.1) is 0 Å². The van der Waals surface area contributed by atoms with Crippen LogP contribution in [-0.4, -0.2) is 96.1 Å². The summed E-state index contributed by atoms with van der Waals surface area (Å²) in [6.45, 7) is 2.89. The predicted molar refractivity (Wildman–Crippen MR) is 109 cm³/mol. The number of aromatic nitrogens is 1. The SMILES string of the molecule is COc1ccc(-n2c(C(=O)N3CCOCC3)c(O)c(O)c2C(=O)N2CCOCC2)cc1. The number of carbonyl (C=O) groups excluding carboxylic acids is 2. The molecule has 2 fully saturated rings. The van der Waals surface area contributed by atoms with Gasteiger partial charge in [0.2, 0.25) is 0 Å². The molecule has 0 unspecified atom stereocenters. The van der Waals surface area contributed by atoms with Gasteiger partial charge >= 0.3 is 0 Å². The smallest absolute Gasteiger partial charge is 0.275 e. The van der Waals surface area contributed by atoms with Gasteiger partial charge in [0.25, 0.3) is 11.8 Å². The molecule has 0 bridgehead atoms. The topological polar surface area (TPSA) is 114 Å². The molecule has 2 aliphatic heterocycles. The number of ether oxygens (including phenoxy) is 3. The molecule has 2 N–H and O–H groups in total. The van der Waals surface area contributed by atoms with E-state index in [1.807, 2.05) is 0 Å². The van der Waals surface area contributed by atoms with Crippen LogP contribution in [0.15, 0.2) is 24.3 Å². The van der Waals surface area contributed by atoms with Crippen LogP contribution in [0.2, 0.25) is 0 Å². The van der Waals surface area contributed by atoms with Crippen LogP contribution in [-0.2, 0) is 9.47 Å². The Kier molecular flexibility index (Phi) is 6.01. The van der Waals surface area contributed by atoms with E-state index in [0.717, 1.165) is 0 Å². The van der Waals surface area contributed by atoms with Crippen LogP contribution in [0.5, 0.6) is 17.2 Å². The third kappa shape index (κ3) is 3.91. The Bertz CT molecular complexity index is 905. The van der Waals surface area contributed by atoms with Gasteiger partial charge in [0, 0.05) is 31.9 Å². The third-order valence-corrected chi connectivity index (χ3v) is 5.45. The number of rotatable bonds is 4. The number of carbonyl (C=O) groups is 2. The molecule has 0 spiro atoms. The summed E-state index contributed by atoms with van der Waals surface area (Å²) in [4.78, 5) is 29.7. The lowest BCUT2D eigenvalue weighted by molar-refractivity contribution is 0.0288. The van der Waals surface area contributed by atoms with Crippen molar-refractivity contribution in [2.75, 3.05) is 59.7 Å². The maximum atomic E-state index is 13.3. The van der Waals surface area contributed by atoms with E-state index in [-0.39, 0.29) is 11.4 Å². The highest BCUT2D eigenvalue weighted by Gasteiger charge is 2.36. The van der Waals surface area contributed by atoms with Gasteiger partial charge in [-0.05, 0) is 24.3 Å². The first-order chi connectivity index (χ1) is 15.0. The summed E-state index contributed by atoms with van der Waals surface area (Å²) in [5.74, 6) is -1.64. The Morgan fingerprint density at radius 2 is 1.23 bits per heavy atom. The van der Waals surface area contributed by atoms with Crippen LogP contribution in [0.3, 0.4) is 0 Å². The Morgan fingerprint density at radius 3 is 1.61 bits per heavy atom. The molecule has 10 heteroatoms. The normalized spacial score (nSPS) is 16.9. The highest BCUT2D eigenvalue weighted by Crippen LogP contribution is 2.40. The number of hydrogen-bond donors (Lipinski definition) is 2. The summed E-state index contributed by atoms with van der Waals surface area (Å²) in [5, 5.41) is 21.5. The average Bonchev–Trinajstić information content (AvgIpc) is 3.09. The standard InChI is InChI=1S/C21H25N3O7/c1-29-15-4-2-14(3-5-15)24-16(20(27)22-6-10-30-11-7-22)18(25)19(26)17(24)21(28)23-8-12-31-13-9-23/h2-5,25-26H,6-13H2,1H3. The van der Waals surface area contributed by atoms with E-state index >= 15 is 0 Å². The van der Waals surface area contributed by atoms with Crippen molar-refractivity contribution in [3.8, 4) is 22.9 Å². The van der Waals surface area contributed by atoms with Crippen LogP contribution in [0.1, 0.15) is 21.0 Å². The molecule has 1 aromatic carbocycles. The molecule has 2 amide bonds. The molecule has 2 saturated heterocycles. The lowest BCUT2D eigenvalue weighted by Crippen LogP contribution is -2.42. The van der Waals surface area contributed by atoms with Crippen LogP contribution in [0.25, 0.3) is 5.69 Å². The van der Waals surface area contributed by atoms with Crippen molar-refractivity contribution in [2.24, 2.45) is 0 Å². The van der Waals surface area contributed by atoms with Crippen molar-refractivity contribution in [3.05, 3.63) is 35.7 Å². The molecule has 10 nitrogen and oxygen atoms in total. The average molecular weight is 431 g/mol. The fraction of sp³-hybridized carbons (Fsp3) is 0.429. The molecule has 0 saturated carbocycles. The highest BCUT2D eigenvalue weighted by atomic mass is 16.5. The second kappa shape index (κ2) is 8.86. The van der Waals surface area contributed by atoms with Gasteiger partial charge in [0.1, 0.15) is 5.75 Å². The number of methoxy groups -OCH3 is 1. The minimum absolute atomic E-state index is 0.166. The van der Waals surface area contributed by atoms with Crippen molar-refractivity contribution in [1.29, 1.82) is 0 Å². The Morgan fingerprint density at radius 1 is 0.806 bits per heavy atom. The number of aromatic hydroxyl groups is 2. The van der Waals surface area contributed by atoms with Gasteiger partial charge in [-0.3, -0.25) is 14.2 Å². The molecule has 2 aromatic rings. The zero-order valence-corrected chi connectivity index (χ0v) is 17.2. The number of amides is 2. The zero-order valence-electron chi connectivity index (χ0n) is 17.2. The lowest BCUT2D eigenvalue weighted by atomic mass is 10.2. The first kappa shape index (κ1) is 21.0. The van der Waals surface area contributed by atoms with Crippen molar-refractivity contribution >= 4 is 11.8 Å². The first-order valence-electron chi connectivity index (χ1n) is 10.1. The van der Waals surface area contributed by atoms with Gasteiger partial charge in [-0.25, -0.2) is 0 Å². The minimum Gasteiger partial charge on any atom is -0.503 e. The van der Waals surface area contributed by atoms with E-state index in [4.69, 9.17) is 14.2 Å². The summed E-state index contributed by atoms with van der Waals surface area (Å²) in [6, 6.07) is 6.67. The van der Waals surface area contributed by atoms with Crippen LogP contribution >= 0.6 is 0 Å². The van der Waals surface area contributed by atoms with Crippen molar-refractivity contribution in [1.82, 2.24) is 14.4 Å². The van der Waals surface area contributed by atoms with Gasteiger partial charge in [0.05, 0.1) is 33.5 Å². The Balaban J connectivity index is 1.85. The molecule has 1 aromatic heterocycles. The summed E-state index contributed by atoms with van der Waals surface area (Å²) >= 11 is 0. The molecular weight excluding hydrogens is 406 g/mol. The number of benzene rings is 1. The maximum absolute atomic E-state index is 13.3. The van der Waals surface area contributed by atoms with Crippen LogP contribution < -0.4 is 4.74 Å². The first-order valence-corrected chi connectivity index (χ1v) is 10.1. The fourth-order valence-electron chi connectivity index (χ4n) is 3.76. The van der Waals surface area contributed by atoms with Gasteiger partial charge in [-0.2, -0.15) is 0 Å². The van der Waals surface area contributed by atoms with Gasteiger partial charge in [-0.1, -0.05) is 0 Å². The summed E-state index contributed by atoms with van der Waals surface area (Å²) in [7, 11) is 1.53. The van der Waals surface area contributed by atoms with Gasteiger partial charge in [-0.15, -0.1) is 0 Å². The minimum atomic E-state index is -0.621. The van der Waals surface area contributed by atoms with Crippen molar-refractivity contribution < 1.29 is 34.0 Å². The monoisotopic (exact) mass is 431 g/mol. The second-order valence-corrected chi connectivity index (χ2v) is 7.24.